The van der Waals surface area contributed by atoms with Gasteiger partial charge in [0.2, 0.25) is 5.95 Å². The van der Waals surface area contributed by atoms with Crippen molar-refractivity contribution in [3.05, 3.63) is 65.2 Å². The first-order valence-corrected chi connectivity index (χ1v) is 8.28. The van der Waals surface area contributed by atoms with Crippen LogP contribution in [0.25, 0.3) is 22.5 Å². The third-order valence-electron chi connectivity index (χ3n) is 3.94. The molecule has 1 heterocycles. The van der Waals surface area contributed by atoms with Gasteiger partial charge in [0.05, 0.1) is 17.0 Å². The molecule has 4 nitrogen and oxygen atoms in total. The highest BCUT2D eigenvalue weighted by molar-refractivity contribution is 9.08. The summed E-state index contributed by atoms with van der Waals surface area (Å²) >= 11 is 3.44. The molecule has 112 valence electrons. The Balaban J connectivity index is 2.02. The number of hydrogen-bond donors (Lipinski definition) is 1. The summed E-state index contributed by atoms with van der Waals surface area (Å²) in [5.41, 5.74) is 11.1. The van der Waals surface area contributed by atoms with Crippen molar-refractivity contribution in [1.29, 1.82) is 0 Å². The number of rotatable bonds is 2. The Bertz CT molecular complexity index is 938. The molecule has 2 aromatic carbocycles. The van der Waals surface area contributed by atoms with Crippen molar-refractivity contribution in [2.75, 3.05) is 5.73 Å². The molecule has 0 aliphatic heterocycles. The van der Waals surface area contributed by atoms with E-state index < -0.39 is 0 Å². The molecule has 2 N–H and O–H groups in total. The number of carbonyl (C=O) groups is 1. The van der Waals surface area contributed by atoms with E-state index in [0.29, 0.717) is 22.5 Å². The molecule has 3 aromatic rings. The average Bonchev–Trinajstić information content (AvgIpc) is 2.87. The largest absolute Gasteiger partial charge is 0.368 e. The second-order valence-electron chi connectivity index (χ2n) is 5.36. The predicted molar refractivity (Wildman–Crippen MR) is 93.4 cm³/mol. The quantitative estimate of drug-likeness (QED) is 0.548. The highest BCUT2D eigenvalue weighted by Gasteiger charge is 2.32. The van der Waals surface area contributed by atoms with Gasteiger partial charge in [0.1, 0.15) is 0 Å². The van der Waals surface area contributed by atoms with Crippen molar-refractivity contribution in [3.8, 4) is 22.5 Å². The van der Waals surface area contributed by atoms with Crippen molar-refractivity contribution in [3.63, 3.8) is 0 Å². The molecule has 23 heavy (non-hydrogen) atoms. The summed E-state index contributed by atoms with van der Waals surface area (Å²) in [5.74, 6) is 0.127. The van der Waals surface area contributed by atoms with Crippen LogP contribution in [-0.4, -0.2) is 15.8 Å². The Morgan fingerprint density at radius 2 is 1.70 bits per heavy atom. The fraction of sp³-hybridized carbons (Fsp3) is 0.0556. The summed E-state index contributed by atoms with van der Waals surface area (Å²) in [6.45, 7) is 0. The van der Waals surface area contributed by atoms with E-state index >= 15 is 0 Å². The number of nitrogens with two attached hydrogens (primary N) is 1. The van der Waals surface area contributed by atoms with Crippen LogP contribution in [0.2, 0.25) is 0 Å². The molecule has 0 radical (unpaired) electrons. The molecule has 0 atom stereocenters. The number of aromatic nitrogens is 2. The highest BCUT2D eigenvalue weighted by Crippen LogP contribution is 2.40. The minimum Gasteiger partial charge on any atom is -0.368 e. The van der Waals surface area contributed by atoms with Crippen LogP contribution in [-0.2, 0) is 5.33 Å². The minimum absolute atomic E-state index is 0.0463. The number of anilines is 1. The lowest BCUT2D eigenvalue weighted by molar-refractivity contribution is 0.104. The van der Waals surface area contributed by atoms with Crippen molar-refractivity contribution in [2.45, 2.75) is 5.33 Å². The first kappa shape index (κ1) is 14.1. The Morgan fingerprint density at radius 3 is 2.43 bits per heavy atom. The van der Waals surface area contributed by atoms with Gasteiger partial charge in [0, 0.05) is 22.0 Å². The molecule has 1 aromatic heterocycles. The van der Waals surface area contributed by atoms with E-state index in [1.165, 1.54) is 0 Å². The van der Waals surface area contributed by atoms with Gasteiger partial charge < -0.3 is 5.73 Å². The lowest BCUT2D eigenvalue weighted by atomic mass is 10.0. The standard InChI is InChI=1S/C18H12BrN3O/c19-9-10-6-7-12-13(8-10)16-14(17(12)23)15(21-18(20)22-16)11-4-2-1-3-5-11/h1-8H,9H2,(H2,20,21,22). The zero-order valence-electron chi connectivity index (χ0n) is 12.1. The van der Waals surface area contributed by atoms with Crippen LogP contribution in [0.15, 0.2) is 48.5 Å². The number of benzene rings is 2. The van der Waals surface area contributed by atoms with Crippen molar-refractivity contribution in [1.82, 2.24) is 9.97 Å². The van der Waals surface area contributed by atoms with Crippen molar-refractivity contribution < 1.29 is 4.79 Å². The number of alkyl halides is 1. The van der Waals surface area contributed by atoms with Crippen LogP contribution in [0.5, 0.6) is 0 Å². The normalized spacial score (nSPS) is 12.1. The third-order valence-corrected chi connectivity index (χ3v) is 4.59. The number of hydrogen-bond acceptors (Lipinski definition) is 4. The molecule has 1 aliphatic carbocycles. The lowest BCUT2D eigenvalue weighted by Gasteiger charge is -2.07. The van der Waals surface area contributed by atoms with E-state index in [1.54, 1.807) is 0 Å². The maximum atomic E-state index is 12.9. The van der Waals surface area contributed by atoms with E-state index in [0.717, 1.165) is 22.0 Å². The smallest absolute Gasteiger partial charge is 0.221 e. The van der Waals surface area contributed by atoms with Gasteiger partial charge in [-0.1, -0.05) is 58.4 Å². The summed E-state index contributed by atoms with van der Waals surface area (Å²) in [6.07, 6.45) is 0. The SMILES string of the molecule is Nc1nc(-c2ccccc2)c2c(n1)-c1cc(CBr)ccc1C2=O. The van der Waals surface area contributed by atoms with Crippen LogP contribution in [0.4, 0.5) is 5.95 Å². The summed E-state index contributed by atoms with van der Waals surface area (Å²) in [5, 5.41) is 0.718. The van der Waals surface area contributed by atoms with Gasteiger partial charge in [-0.2, -0.15) is 0 Å². The molecule has 0 saturated heterocycles. The molecule has 0 amide bonds. The Morgan fingerprint density at radius 1 is 0.957 bits per heavy atom. The number of carbonyl (C=O) groups excluding carboxylic acids is 1. The van der Waals surface area contributed by atoms with E-state index in [9.17, 15) is 4.79 Å². The van der Waals surface area contributed by atoms with Crippen LogP contribution in [0, 0.1) is 0 Å². The maximum absolute atomic E-state index is 12.9. The van der Waals surface area contributed by atoms with Crippen molar-refractivity contribution in [2.24, 2.45) is 0 Å². The fourth-order valence-corrected chi connectivity index (χ4v) is 3.24. The van der Waals surface area contributed by atoms with Crippen LogP contribution in [0.1, 0.15) is 21.5 Å². The first-order valence-electron chi connectivity index (χ1n) is 7.16. The Hall–Kier alpha value is -2.53. The number of halogens is 1. The Labute approximate surface area is 141 Å². The molecule has 0 fully saturated rings. The summed E-state index contributed by atoms with van der Waals surface area (Å²) in [4.78, 5) is 21.5. The molecule has 4 rings (SSSR count). The number of nitrogen functional groups attached to an aromatic ring is 1. The summed E-state index contributed by atoms with van der Waals surface area (Å²) < 4.78 is 0. The fourth-order valence-electron chi connectivity index (χ4n) is 2.90. The van der Waals surface area contributed by atoms with E-state index in [-0.39, 0.29) is 11.7 Å². The van der Waals surface area contributed by atoms with E-state index in [1.807, 2.05) is 48.5 Å². The van der Waals surface area contributed by atoms with Gasteiger partial charge in [0.15, 0.2) is 5.78 Å². The summed E-state index contributed by atoms with van der Waals surface area (Å²) in [7, 11) is 0. The predicted octanol–water partition coefficient (Wildman–Crippen LogP) is 3.83. The number of ketones is 1. The molecule has 0 bridgehead atoms. The summed E-state index contributed by atoms with van der Waals surface area (Å²) in [6, 6.07) is 15.4. The van der Waals surface area contributed by atoms with Gasteiger partial charge in [-0.15, -0.1) is 0 Å². The zero-order valence-corrected chi connectivity index (χ0v) is 13.7. The van der Waals surface area contributed by atoms with E-state index in [2.05, 4.69) is 25.9 Å². The van der Waals surface area contributed by atoms with Crippen LogP contribution >= 0.6 is 15.9 Å². The molecular formula is C18H12BrN3O. The van der Waals surface area contributed by atoms with Crippen LogP contribution < -0.4 is 5.73 Å². The monoisotopic (exact) mass is 365 g/mol. The average molecular weight is 366 g/mol. The zero-order chi connectivity index (χ0) is 16.0. The van der Waals surface area contributed by atoms with Gasteiger partial charge >= 0.3 is 0 Å². The second kappa shape index (κ2) is 5.28. The Kier molecular flexibility index (Phi) is 3.23. The van der Waals surface area contributed by atoms with Gasteiger partial charge in [-0.3, -0.25) is 4.79 Å². The van der Waals surface area contributed by atoms with Crippen LogP contribution in [0.3, 0.4) is 0 Å². The van der Waals surface area contributed by atoms with Gasteiger partial charge in [-0.25, -0.2) is 9.97 Å². The third kappa shape index (κ3) is 2.16. The minimum atomic E-state index is -0.0463. The molecule has 1 aliphatic rings. The van der Waals surface area contributed by atoms with Gasteiger partial charge in [-0.05, 0) is 11.6 Å². The molecule has 0 unspecified atom stereocenters. The molecule has 0 saturated carbocycles. The number of nitrogens with zero attached hydrogens (tertiary/aromatic N) is 2. The highest BCUT2D eigenvalue weighted by atomic mass is 79.9. The number of fused-ring (bicyclic) bond motifs is 3. The maximum Gasteiger partial charge on any atom is 0.221 e. The van der Waals surface area contributed by atoms with Gasteiger partial charge in [0.25, 0.3) is 0 Å². The molecule has 5 heteroatoms. The van der Waals surface area contributed by atoms with Crippen molar-refractivity contribution >= 4 is 27.7 Å². The molecular weight excluding hydrogens is 354 g/mol. The van der Waals surface area contributed by atoms with E-state index in [4.69, 9.17) is 5.73 Å². The topological polar surface area (TPSA) is 68.9 Å². The molecule has 0 spiro atoms. The lowest BCUT2D eigenvalue weighted by Crippen LogP contribution is -2.05. The second-order valence-corrected chi connectivity index (χ2v) is 5.92. The first-order chi connectivity index (χ1) is 11.2.